The van der Waals surface area contributed by atoms with Crippen LogP contribution >= 0.6 is 15.9 Å². The van der Waals surface area contributed by atoms with Crippen LogP contribution in [0.5, 0.6) is 0 Å². The van der Waals surface area contributed by atoms with Gasteiger partial charge in [0, 0.05) is 13.0 Å². The van der Waals surface area contributed by atoms with E-state index >= 15 is 0 Å². The molecule has 3 N–H and O–H groups in total. The lowest BCUT2D eigenvalue weighted by molar-refractivity contribution is -0.121. The molecule has 1 atom stereocenters. The molecule has 0 aromatic heterocycles. The first-order valence-electron chi connectivity index (χ1n) is 4.65. The fourth-order valence-electron chi connectivity index (χ4n) is 0.874. The summed E-state index contributed by atoms with van der Waals surface area (Å²) in [5.74, 6) is -0.117. The van der Waals surface area contributed by atoms with Crippen molar-refractivity contribution in [2.24, 2.45) is 11.7 Å². The highest BCUT2D eigenvalue weighted by Crippen LogP contribution is 2.11. The van der Waals surface area contributed by atoms with Gasteiger partial charge in [0.1, 0.15) is 0 Å². The van der Waals surface area contributed by atoms with E-state index in [0.717, 1.165) is 0 Å². The average molecular weight is 265 g/mol. The van der Waals surface area contributed by atoms with Crippen molar-refractivity contribution in [3.8, 4) is 0 Å². The number of nitrogens with one attached hydrogen (secondary N) is 1. The van der Waals surface area contributed by atoms with Crippen molar-refractivity contribution in [2.45, 2.75) is 31.5 Å². The number of amides is 2. The second-order valence-electron chi connectivity index (χ2n) is 3.51. The van der Waals surface area contributed by atoms with E-state index in [2.05, 4.69) is 21.2 Å². The van der Waals surface area contributed by atoms with Crippen molar-refractivity contribution in [1.82, 2.24) is 5.32 Å². The Kier molecular flexibility index (Phi) is 6.53. The van der Waals surface area contributed by atoms with E-state index in [1.54, 1.807) is 0 Å². The molecule has 0 aliphatic rings. The minimum atomic E-state index is -0.335. The highest BCUT2D eigenvalue weighted by Gasteiger charge is 2.17. The molecule has 14 heavy (non-hydrogen) atoms. The zero-order chi connectivity index (χ0) is 11.1. The molecule has 0 saturated heterocycles. The van der Waals surface area contributed by atoms with Gasteiger partial charge in [-0.25, -0.2) is 0 Å². The summed E-state index contributed by atoms with van der Waals surface area (Å²) in [6.07, 6.45) is 0.911. The maximum Gasteiger partial charge on any atom is 0.234 e. The first kappa shape index (κ1) is 13.4. The molecule has 4 nitrogen and oxygen atoms in total. The standard InChI is InChI=1S/C9H17BrN2O2/c1-6(2)8(10)9(14)12-5-3-4-7(11)13/h6,8H,3-5H2,1-2H3,(H2,11,13)(H,12,14). The smallest absolute Gasteiger partial charge is 0.234 e. The van der Waals surface area contributed by atoms with Crippen LogP contribution in [-0.2, 0) is 9.59 Å². The minimum absolute atomic E-state index is 0.0375. The van der Waals surface area contributed by atoms with Gasteiger partial charge >= 0.3 is 0 Å². The molecule has 0 fully saturated rings. The number of alkyl halides is 1. The van der Waals surface area contributed by atoms with Gasteiger partial charge in [0.05, 0.1) is 4.83 Å². The van der Waals surface area contributed by atoms with E-state index in [0.29, 0.717) is 19.4 Å². The number of rotatable bonds is 6. The van der Waals surface area contributed by atoms with E-state index in [4.69, 9.17) is 5.73 Å². The van der Waals surface area contributed by atoms with Gasteiger partial charge < -0.3 is 11.1 Å². The lowest BCUT2D eigenvalue weighted by Crippen LogP contribution is -2.34. The van der Waals surface area contributed by atoms with Gasteiger partial charge in [-0.1, -0.05) is 29.8 Å². The van der Waals surface area contributed by atoms with Gasteiger partial charge in [-0.3, -0.25) is 9.59 Å². The van der Waals surface area contributed by atoms with Crippen LogP contribution in [0.15, 0.2) is 0 Å². The minimum Gasteiger partial charge on any atom is -0.370 e. The normalized spacial score (nSPS) is 12.6. The predicted molar refractivity (Wildman–Crippen MR) is 59.0 cm³/mol. The lowest BCUT2D eigenvalue weighted by atomic mass is 10.1. The molecule has 0 aromatic carbocycles. The lowest BCUT2D eigenvalue weighted by Gasteiger charge is -2.13. The number of halogens is 1. The maximum atomic E-state index is 11.4. The van der Waals surface area contributed by atoms with E-state index < -0.39 is 0 Å². The Morgan fingerprint density at radius 3 is 2.43 bits per heavy atom. The number of carbonyl (C=O) groups excluding carboxylic acids is 2. The molecule has 0 saturated carbocycles. The molecule has 0 spiro atoms. The summed E-state index contributed by atoms with van der Waals surface area (Å²) >= 11 is 3.28. The fourth-order valence-corrected chi connectivity index (χ4v) is 1.04. The molecular weight excluding hydrogens is 248 g/mol. The van der Waals surface area contributed by atoms with Crippen molar-refractivity contribution in [3.05, 3.63) is 0 Å². The number of primary amides is 1. The third-order valence-electron chi connectivity index (χ3n) is 1.73. The van der Waals surface area contributed by atoms with Crippen LogP contribution in [0, 0.1) is 5.92 Å². The Morgan fingerprint density at radius 1 is 1.43 bits per heavy atom. The van der Waals surface area contributed by atoms with E-state index in [1.807, 2.05) is 13.8 Å². The third kappa shape index (κ3) is 5.96. The topological polar surface area (TPSA) is 72.2 Å². The molecule has 0 rings (SSSR count). The van der Waals surface area contributed by atoms with E-state index in [9.17, 15) is 9.59 Å². The molecule has 0 aliphatic carbocycles. The highest BCUT2D eigenvalue weighted by atomic mass is 79.9. The van der Waals surface area contributed by atoms with Crippen LogP contribution in [0.2, 0.25) is 0 Å². The second-order valence-corrected chi connectivity index (χ2v) is 4.49. The van der Waals surface area contributed by atoms with Crippen molar-refractivity contribution < 1.29 is 9.59 Å². The molecule has 2 amide bonds. The summed E-state index contributed by atoms with van der Waals surface area (Å²) in [5, 5.41) is 2.73. The quantitative estimate of drug-likeness (QED) is 0.550. The molecule has 0 heterocycles. The van der Waals surface area contributed by atoms with Gasteiger partial charge in [0.15, 0.2) is 0 Å². The number of hydrogen-bond donors (Lipinski definition) is 2. The van der Waals surface area contributed by atoms with Crippen LogP contribution in [0.25, 0.3) is 0 Å². The first-order chi connectivity index (χ1) is 6.45. The monoisotopic (exact) mass is 264 g/mol. The summed E-state index contributed by atoms with van der Waals surface area (Å²) in [4.78, 5) is 21.6. The Hall–Kier alpha value is -0.580. The van der Waals surface area contributed by atoms with Gasteiger partial charge in [-0.05, 0) is 12.3 Å². The third-order valence-corrected chi connectivity index (χ3v) is 3.21. The molecule has 0 aliphatic heterocycles. The van der Waals surface area contributed by atoms with Gasteiger partial charge in [-0.15, -0.1) is 0 Å². The highest BCUT2D eigenvalue weighted by molar-refractivity contribution is 9.10. The van der Waals surface area contributed by atoms with Crippen LogP contribution in [-0.4, -0.2) is 23.2 Å². The summed E-state index contributed by atoms with van der Waals surface area (Å²) in [7, 11) is 0. The number of carbonyl (C=O) groups is 2. The Morgan fingerprint density at radius 2 is 2.00 bits per heavy atom. The zero-order valence-corrected chi connectivity index (χ0v) is 10.1. The molecule has 0 bridgehead atoms. The van der Waals surface area contributed by atoms with Crippen molar-refractivity contribution in [1.29, 1.82) is 0 Å². The van der Waals surface area contributed by atoms with Gasteiger partial charge in [-0.2, -0.15) is 0 Å². The van der Waals surface area contributed by atoms with Crippen LogP contribution in [0.4, 0.5) is 0 Å². The van der Waals surface area contributed by atoms with E-state index in [-0.39, 0.29) is 22.6 Å². The molecule has 0 aromatic rings. The first-order valence-corrected chi connectivity index (χ1v) is 5.56. The molecule has 5 heteroatoms. The Labute approximate surface area is 92.7 Å². The van der Waals surface area contributed by atoms with Crippen molar-refractivity contribution >= 4 is 27.7 Å². The second kappa shape index (κ2) is 6.81. The summed E-state index contributed by atoms with van der Waals surface area (Å²) in [6.45, 7) is 4.42. The van der Waals surface area contributed by atoms with Gasteiger partial charge in [0.2, 0.25) is 11.8 Å². The number of hydrogen-bond acceptors (Lipinski definition) is 2. The number of nitrogens with two attached hydrogens (primary N) is 1. The fraction of sp³-hybridized carbons (Fsp3) is 0.778. The SMILES string of the molecule is CC(C)C(Br)C(=O)NCCCC(N)=O. The zero-order valence-electron chi connectivity index (χ0n) is 8.55. The maximum absolute atomic E-state index is 11.4. The van der Waals surface area contributed by atoms with Crippen molar-refractivity contribution in [2.75, 3.05) is 6.54 Å². The summed E-state index contributed by atoms with van der Waals surface area (Å²) < 4.78 is 0. The largest absolute Gasteiger partial charge is 0.370 e. The van der Waals surface area contributed by atoms with Crippen LogP contribution in [0.1, 0.15) is 26.7 Å². The molecule has 82 valence electrons. The van der Waals surface area contributed by atoms with Crippen LogP contribution in [0.3, 0.4) is 0 Å². The molecule has 1 unspecified atom stereocenters. The van der Waals surface area contributed by atoms with E-state index in [1.165, 1.54) is 0 Å². The Balaban J connectivity index is 3.59. The summed E-state index contributed by atoms with van der Waals surface area (Å²) in [5.41, 5.74) is 4.96. The molecular formula is C9H17BrN2O2. The summed E-state index contributed by atoms with van der Waals surface area (Å²) in [6, 6.07) is 0. The molecule has 0 radical (unpaired) electrons. The van der Waals surface area contributed by atoms with Crippen molar-refractivity contribution in [3.63, 3.8) is 0 Å². The van der Waals surface area contributed by atoms with Gasteiger partial charge in [0.25, 0.3) is 0 Å². The predicted octanol–water partition coefficient (Wildman–Crippen LogP) is 0.788. The average Bonchev–Trinajstić information content (AvgIpc) is 2.10. The van der Waals surface area contributed by atoms with Crippen LogP contribution < -0.4 is 11.1 Å². The Bertz CT molecular complexity index is 207.